The Balaban J connectivity index is -0.000000298. The first kappa shape index (κ1) is 77.1. The van der Waals surface area contributed by atoms with Crippen LogP contribution < -0.4 is 0 Å². The Hall–Kier alpha value is 0.210. The van der Waals surface area contributed by atoms with Gasteiger partial charge in [-0.05, 0) is 64.7 Å². The number of ether oxygens (including phenoxy) is 3. The Morgan fingerprint density at radius 1 is 0.529 bits per heavy atom. The van der Waals surface area contributed by atoms with Crippen molar-refractivity contribution in [3.63, 3.8) is 0 Å². The van der Waals surface area contributed by atoms with E-state index in [-0.39, 0.29) is 50.9 Å². The highest BCUT2D eigenvalue weighted by atomic mass is 32.2. The molecule has 0 radical (unpaired) electrons. The summed E-state index contributed by atoms with van der Waals surface area (Å²) in [4.78, 5) is 77.7. The highest BCUT2D eigenvalue weighted by Crippen LogP contribution is 2.25. The Morgan fingerprint density at radius 2 is 0.926 bits per heavy atom. The molecule has 396 valence electrons. The number of hydrogen-bond donors (Lipinski definition) is 4. The van der Waals surface area contributed by atoms with Crippen molar-refractivity contribution in [3.8, 4) is 0 Å². The average Bonchev–Trinajstić information content (AvgIpc) is 3.32. The van der Waals surface area contributed by atoms with Crippen LogP contribution in [0.5, 0.6) is 0 Å². The average molecular weight is 1180 g/mol. The second-order valence-electron chi connectivity index (χ2n) is 12.2. The maximum absolute atomic E-state index is 11.5. The van der Waals surface area contributed by atoms with Crippen molar-refractivity contribution in [2.24, 2.45) is 0 Å². The number of aliphatic hydroxyl groups excluding tert-OH is 1. The number of ketones is 1. The summed E-state index contributed by atoms with van der Waals surface area (Å²) in [7, 11) is 0. The van der Waals surface area contributed by atoms with Gasteiger partial charge in [-0.2, -0.15) is 108 Å². The Labute approximate surface area is 464 Å². The Kier molecular flexibility index (Phi) is 71.8. The first-order valence-electron chi connectivity index (χ1n) is 21.6. The van der Waals surface area contributed by atoms with E-state index >= 15 is 0 Å². The zero-order valence-corrected chi connectivity index (χ0v) is 50.5. The Bertz CT molecular complexity index is 1330. The fraction of sp³-hybridized carbons (Fsp3) is 0.667. The van der Waals surface area contributed by atoms with Crippen LogP contribution >= 0.6 is 144 Å². The number of hydrogen-bond acceptors (Lipinski definition) is 23. The van der Waals surface area contributed by atoms with E-state index in [0.29, 0.717) is 61.1 Å². The lowest BCUT2D eigenvalue weighted by atomic mass is 10.5. The molecule has 0 aromatic carbocycles. The molecule has 0 aromatic heterocycles. The van der Waals surface area contributed by atoms with Crippen LogP contribution in [0.25, 0.3) is 0 Å². The normalized spacial score (nSPS) is 11.2. The van der Waals surface area contributed by atoms with Gasteiger partial charge < -0.3 is 19.3 Å². The van der Waals surface area contributed by atoms with E-state index < -0.39 is 0 Å². The number of allylic oxidation sites excluding steroid dienone is 1. The van der Waals surface area contributed by atoms with Crippen LogP contribution in [-0.4, -0.2) is 173 Å². The highest BCUT2D eigenvalue weighted by Gasteiger charge is 2.16. The number of carbonyl (C=O) groups excluding carboxylic acids is 7. The topological polar surface area (TPSA) is 167 Å². The minimum Gasteiger partial charge on any atom is -0.466 e. The van der Waals surface area contributed by atoms with Gasteiger partial charge in [-0.3, -0.25) is 33.6 Å². The van der Waals surface area contributed by atoms with E-state index in [4.69, 9.17) is 19.3 Å². The summed E-state index contributed by atoms with van der Waals surface area (Å²) < 4.78 is 14.9. The maximum atomic E-state index is 11.5. The van der Waals surface area contributed by atoms with Gasteiger partial charge in [-0.1, -0.05) is 61.6 Å². The monoisotopic (exact) mass is 1180 g/mol. The SMILES string of the molecule is C=CC(=O)SCCSCC(CSC(=O)C=C)SC(=O)C=C.C=CC(C)=O.CCO.CCOC(=O)CCSCCSCC(CSCCC(=O)OCC)SCCC(=O)OCC.SCCSCC(S)CS. The van der Waals surface area contributed by atoms with Gasteiger partial charge in [-0.25, -0.2) is 0 Å². The summed E-state index contributed by atoms with van der Waals surface area (Å²) in [5.41, 5.74) is 0. The molecule has 3 atom stereocenters. The van der Waals surface area contributed by atoms with E-state index in [1.54, 1.807) is 54.0 Å². The van der Waals surface area contributed by atoms with Gasteiger partial charge in [0.05, 0.1) is 39.1 Å². The van der Waals surface area contributed by atoms with E-state index in [1.165, 1.54) is 54.8 Å². The number of thioether (sulfide) groups is 9. The minimum atomic E-state index is -0.149. The molecule has 0 bridgehead atoms. The molecule has 0 amide bonds. The molecule has 3 unspecified atom stereocenters. The fourth-order valence-electron chi connectivity index (χ4n) is 3.49. The lowest BCUT2D eigenvalue weighted by Crippen LogP contribution is -2.14. The molecular formula is C45H78O11S12. The standard InChI is InChI=1S/C20H36O6S4.C14H18O3S4.C5H12S4.C4H6O.C2H6O/c1-4-24-18(21)7-10-27-13-14-29-16-17(30-12-9-20(23)26-6-3)15-28-11-8-19(22)25-5-2;1-4-12(15)19-8-7-18-9-11(21-14(17)6-3)10-20-13(16)5-2;6-1-2-9-4-5(8)3-7;1-3-4(2)5;1-2-3/h17H,4-16H2,1-3H3;4-6,11H,1-3,7-10H2;5-8H,1-4H2;3H,1H2,2H3;3H,2H2,1H3. The molecule has 0 saturated heterocycles. The second-order valence-corrected chi connectivity index (χ2v) is 24.4. The van der Waals surface area contributed by atoms with E-state index in [2.05, 4.69) is 64.2 Å². The van der Waals surface area contributed by atoms with Gasteiger partial charge >= 0.3 is 17.9 Å². The van der Waals surface area contributed by atoms with Crippen LogP contribution in [0.3, 0.4) is 0 Å². The molecule has 0 heterocycles. The van der Waals surface area contributed by atoms with Crippen molar-refractivity contribution in [2.45, 2.75) is 69.6 Å². The fourth-order valence-corrected chi connectivity index (χ4v) is 14.0. The summed E-state index contributed by atoms with van der Waals surface area (Å²) >= 11 is 26.8. The first-order valence-corrected chi connectivity index (χ1v) is 33.0. The molecule has 0 saturated carbocycles. The van der Waals surface area contributed by atoms with E-state index in [0.717, 1.165) is 86.5 Å². The maximum Gasteiger partial charge on any atom is 0.306 e. The molecular weight excluding hydrogens is 1100 g/mol. The third-order valence-corrected chi connectivity index (χ3v) is 19.4. The molecule has 11 nitrogen and oxygen atoms in total. The number of carbonyl (C=O) groups is 7. The van der Waals surface area contributed by atoms with Crippen LogP contribution in [0, 0.1) is 0 Å². The summed E-state index contributed by atoms with van der Waals surface area (Å²) in [6.07, 6.45) is 6.45. The predicted octanol–water partition coefficient (Wildman–Crippen LogP) is 10.2. The van der Waals surface area contributed by atoms with Crippen molar-refractivity contribution in [2.75, 3.05) is 113 Å². The van der Waals surface area contributed by atoms with E-state index in [9.17, 15) is 33.6 Å². The van der Waals surface area contributed by atoms with Crippen molar-refractivity contribution < 1.29 is 52.9 Å². The lowest BCUT2D eigenvalue weighted by Gasteiger charge is -2.16. The summed E-state index contributed by atoms with van der Waals surface area (Å²) in [6, 6.07) is 0. The third-order valence-electron chi connectivity index (χ3n) is 6.47. The van der Waals surface area contributed by atoms with Gasteiger partial charge in [-0.15, -0.1) is 0 Å². The second kappa shape index (κ2) is 63.3. The zero-order valence-electron chi connectivity index (χ0n) is 40.5. The predicted molar refractivity (Wildman–Crippen MR) is 323 cm³/mol. The highest BCUT2D eigenvalue weighted by molar-refractivity contribution is 8.18. The van der Waals surface area contributed by atoms with Crippen molar-refractivity contribution in [3.05, 3.63) is 50.6 Å². The van der Waals surface area contributed by atoms with Crippen molar-refractivity contribution >= 4 is 183 Å². The van der Waals surface area contributed by atoms with Gasteiger partial charge in [0, 0.05) is 103 Å². The third kappa shape index (κ3) is 68.3. The number of thiol groups is 3. The summed E-state index contributed by atoms with van der Waals surface area (Å²) in [5, 5.41) is 8.25. The first-order chi connectivity index (χ1) is 32.5. The molecule has 0 aliphatic heterocycles. The van der Waals surface area contributed by atoms with Gasteiger partial charge in [0.15, 0.2) is 5.78 Å². The summed E-state index contributed by atoms with van der Waals surface area (Å²) in [6.45, 7) is 23.6. The summed E-state index contributed by atoms with van der Waals surface area (Å²) in [5.74, 6) is 12.7. The smallest absolute Gasteiger partial charge is 0.306 e. The van der Waals surface area contributed by atoms with Crippen LogP contribution in [-0.2, 0) is 47.8 Å². The van der Waals surface area contributed by atoms with Gasteiger partial charge in [0.25, 0.3) is 0 Å². The molecule has 0 aromatic rings. The number of aliphatic hydroxyl groups is 1. The number of esters is 3. The quantitative estimate of drug-likeness (QED) is 0.0152. The molecule has 23 heteroatoms. The van der Waals surface area contributed by atoms with E-state index in [1.807, 2.05) is 44.3 Å². The van der Waals surface area contributed by atoms with Crippen molar-refractivity contribution in [1.29, 1.82) is 0 Å². The molecule has 68 heavy (non-hydrogen) atoms. The van der Waals surface area contributed by atoms with Crippen LogP contribution in [0.1, 0.15) is 53.9 Å². The van der Waals surface area contributed by atoms with Crippen LogP contribution in [0.15, 0.2) is 50.6 Å². The number of rotatable bonds is 37. The Morgan fingerprint density at radius 3 is 1.37 bits per heavy atom. The van der Waals surface area contributed by atoms with Gasteiger partial charge in [0.1, 0.15) is 0 Å². The van der Waals surface area contributed by atoms with Gasteiger partial charge in [0.2, 0.25) is 15.3 Å². The molecule has 0 aliphatic carbocycles. The molecule has 0 rings (SSSR count). The lowest BCUT2D eigenvalue weighted by molar-refractivity contribution is -0.143. The molecule has 0 fully saturated rings. The van der Waals surface area contributed by atoms with Crippen LogP contribution in [0.2, 0.25) is 0 Å². The molecule has 0 spiro atoms. The molecule has 1 N–H and O–H groups in total. The largest absolute Gasteiger partial charge is 0.466 e. The van der Waals surface area contributed by atoms with Crippen molar-refractivity contribution in [1.82, 2.24) is 0 Å². The molecule has 0 aliphatic rings. The minimum absolute atomic E-state index is 0.0185. The van der Waals surface area contributed by atoms with Crippen LogP contribution in [0.4, 0.5) is 0 Å². The zero-order chi connectivity index (χ0) is 52.6.